The van der Waals surface area contributed by atoms with E-state index in [0.29, 0.717) is 10.7 Å². The minimum atomic E-state index is -0.386. The smallest absolute Gasteiger partial charge is 0.146 e. The number of nitriles is 1. The summed E-state index contributed by atoms with van der Waals surface area (Å²) in [7, 11) is 0. The van der Waals surface area contributed by atoms with Crippen LogP contribution in [0.25, 0.3) is 0 Å². The quantitative estimate of drug-likeness (QED) is 0.888. The van der Waals surface area contributed by atoms with E-state index in [1.165, 1.54) is 18.2 Å². The van der Waals surface area contributed by atoms with E-state index in [1.807, 2.05) is 30.3 Å². The second-order valence-corrected chi connectivity index (χ2v) is 4.53. The van der Waals surface area contributed by atoms with Crippen molar-refractivity contribution in [1.82, 2.24) is 0 Å². The Labute approximate surface area is 116 Å². The molecule has 0 aromatic heterocycles. The van der Waals surface area contributed by atoms with Gasteiger partial charge in [0.2, 0.25) is 0 Å². The zero-order valence-corrected chi connectivity index (χ0v) is 10.9. The molecule has 0 aliphatic heterocycles. The molecule has 2 nitrogen and oxygen atoms in total. The Morgan fingerprint density at radius 2 is 1.95 bits per heavy atom. The molecule has 1 unspecified atom stereocenters. The minimum absolute atomic E-state index is 0.246. The summed E-state index contributed by atoms with van der Waals surface area (Å²) in [6, 6.07) is 15.6. The second kappa shape index (κ2) is 6.21. The van der Waals surface area contributed by atoms with Crippen molar-refractivity contribution < 1.29 is 4.39 Å². The molecule has 0 saturated carbocycles. The predicted molar refractivity (Wildman–Crippen MR) is 74.4 cm³/mol. The van der Waals surface area contributed by atoms with E-state index in [1.54, 1.807) is 0 Å². The second-order valence-electron chi connectivity index (χ2n) is 4.09. The van der Waals surface area contributed by atoms with Gasteiger partial charge in [-0.15, -0.1) is 0 Å². The topological polar surface area (TPSA) is 35.8 Å². The van der Waals surface area contributed by atoms with E-state index in [0.717, 1.165) is 5.56 Å². The normalized spacial score (nSPS) is 11.6. The van der Waals surface area contributed by atoms with Crippen LogP contribution < -0.4 is 5.32 Å². The van der Waals surface area contributed by atoms with Crippen molar-refractivity contribution in [3.8, 4) is 6.07 Å². The highest BCUT2D eigenvalue weighted by atomic mass is 35.5. The summed E-state index contributed by atoms with van der Waals surface area (Å²) in [5.41, 5.74) is 1.24. The summed E-state index contributed by atoms with van der Waals surface area (Å²) < 4.78 is 13.7. The molecule has 0 saturated heterocycles. The summed E-state index contributed by atoms with van der Waals surface area (Å²) in [6.45, 7) is 0. The fourth-order valence-corrected chi connectivity index (χ4v) is 2.00. The maximum atomic E-state index is 13.7. The van der Waals surface area contributed by atoms with E-state index in [-0.39, 0.29) is 18.3 Å². The maximum Gasteiger partial charge on any atom is 0.146 e. The number of benzene rings is 2. The minimum Gasteiger partial charge on any atom is -0.375 e. The molecule has 0 bridgehead atoms. The van der Waals surface area contributed by atoms with Gasteiger partial charge in [0.15, 0.2) is 0 Å². The zero-order valence-electron chi connectivity index (χ0n) is 10.1. The largest absolute Gasteiger partial charge is 0.375 e. The SMILES string of the molecule is N#CCC(Nc1cc(Cl)ccc1F)c1ccccc1. The highest BCUT2D eigenvalue weighted by Crippen LogP contribution is 2.26. The van der Waals surface area contributed by atoms with E-state index in [9.17, 15) is 4.39 Å². The first-order valence-electron chi connectivity index (χ1n) is 5.84. The van der Waals surface area contributed by atoms with Crippen molar-refractivity contribution in [2.75, 3.05) is 5.32 Å². The third-order valence-electron chi connectivity index (χ3n) is 2.76. The van der Waals surface area contributed by atoms with E-state index in [2.05, 4.69) is 11.4 Å². The van der Waals surface area contributed by atoms with Crippen molar-refractivity contribution >= 4 is 17.3 Å². The Hall–Kier alpha value is -2.05. The Bertz CT molecular complexity index is 593. The molecular formula is C15H12ClFN2. The monoisotopic (exact) mass is 274 g/mol. The fourth-order valence-electron chi connectivity index (χ4n) is 1.82. The molecule has 0 aliphatic carbocycles. The Morgan fingerprint density at radius 1 is 1.21 bits per heavy atom. The Morgan fingerprint density at radius 3 is 2.63 bits per heavy atom. The molecule has 2 aromatic carbocycles. The molecule has 1 atom stereocenters. The molecule has 0 amide bonds. The summed E-state index contributed by atoms with van der Waals surface area (Å²) in [5.74, 6) is -0.386. The molecule has 19 heavy (non-hydrogen) atoms. The average Bonchev–Trinajstić information content (AvgIpc) is 2.43. The van der Waals surface area contributed by atoms with Crippen LogP contribution in [0.15, 0.2) is 48.5 Å². The maximum absolute atomic E-state index is 13.7. The third-order valence-corrected chi connectivity index (χ3v) is 2.99. The summed E-state index contributed by atoms with van der Waals surface area (Å²) in [4.78, 5) is 0. The standard InChI is InChI=1S/C15H12ClFN2/c16-12-6-7-13(17)15(10-12)19-14(8-9-18)11-4-2-1-3-5-11/h1-7,10,14,19H,8H2. The molecular weight excluding hydrogens is 263 g/mol. The molecule has 0 heterocycles. The van der Waals surface area contributed by atoms with Crippen LogP contribution in [0.4, 0.5) is 10.1 Å². The molecule has 96 valence electrons. The average molecular weight is 275 g/mol. The van der Waals surface area contributed by atoms with Crippen LogP contribution in [-0.4, -0.2) is 0 Å². The lowest BCUT2D eigenvalue weighted by Crippen LogP contribution is -2.11. The van der Waals surface area contributed by atoms with Crippen LogP contribution >= 0.6 is 11.6 Å². The lowest BCUT2D eigenvalue weighted by atomic mass is 10.0. The van der Waals surface area contributed by atoms with Crippen LogP contribution in [0, 0.1) is 17.1 Å². The van der Waals surface area contributed by atoms with Crippen molar-refractivity contribution in [3.05, 3.63) is 64.9 Å². The lowest BCUT2D eigenvalue weighted by molar-refractivity contribution is 0.626. The van der Waals surface area contributed by atoms with Crippen molar-refractivity contribution in [2.24, 2.45) is 0 Å². The molecule has 0 aliphatic rings. The van der Waals surface area contributed by atoms with Gasteiger partial charge in [0.1, 0.15) is 5.82 Å². The highest BCUT2D eigenvalue weighted by molar-refractivity contribution is 6.30. The van der Waals surface area contributed by atoms with Gasteiger partial charge in [-0.1, -0.05) is 41.9 Å². The summed E-state index contributed by atoms with van der Waals surface area (Å²) in [5, 5.41) is 12.4. The first-order valence-corrected chi connectivity index (χ1v) is 6.22. The van der Waals surface area contributed by atoms with Gasteiger partial charge in [-0.3, -0.25) is 0 Å². The molecule has 0 radical (unpaired) electrons. The number of nitrogens with zero attached hydrogens (tertiary/aromatic N) is 1. The summed E-state index contributed by atoms with van der Waals surface area (Å²) in [6.07, 6.45) is 0.246. The van der Waals surface area contributed by atoms with Crippen LogP contribution in [0.1, 0.15) is 18.0 Å². The van der Waals surface area contributed by atoms with Gasteiger partial charge in [-0.05, 0) is 23.8 Å². The summed E-state index contributed by atoms with van der Waals surface area (Å²) >= 11 is 5.85. The molecule has 2 rings (SSSR count). The number of hydrogen-bond acceptors (Lipinski definition) is 2. The molecule has 0 fully saturated rings. The fraction of sp³-hybridized carbons (Fsp3) is 0.133. The number of halogens is 2. The Kier molecular flexibility index (Phi) is 4.38. The van der Waals surface area contributed by atoms with Gasteiger partial charge in [0.25, 0.3) is 0 Å². The molecule has 4 heteroatoms. The van der Waals surface area contributed by atoms with Crippen molar-refractivity contribution in [1.29, 1.82) is 5.26 Å². The first kappa shape index (κ1) is 13.4. The van der Waals surface area contributed by atoms with E-state index < -0.39 is 0 Å². The van der Waals surface area contributed by atoms with Crippen molar-refractivity contribution in [2.45, 2.75) is 12.5 Å². The third kappa shape index (κ3) is 3.46. The number of nitrogens with one attached hydrogen (secondary N) is 1. The zero-order chi connectivity index (χ0) is 13.7. The lowest BCUT2D eigenvalue weighted by Gasteiger charge is -2.18. The van der Waals surface area contributed by atoms with Gasteiger partial charge in [-0.2, -0.15) is 5.26 Å². The van der Waals surface area contributed by atoms with Crippen LogP contribution in [0.2, 0.25) is 5.02 Å². The molecule has 1 N–H and O–H groups in total. The highest BCUT2D eigenvalue weighted by Gasteiger charge is 2.13. The van der Waals surface area contributed by atoms with Gasteiger partial charge in [0.05, 0.1) is 24.2 Å². The van der Waals surface area contributed by atoms with Crippen LogP contribution in [0.5, 0.6) is 0 Å². The van der Waals surface area contributed by atoms with Gasteiger partial charge in [-0.25, -0.2) is 4.39 Å². The van der Waals surface area contributed by atoms with Crippen molar-refractivity contribution in [3.63, 3.8) is 0 Å². The van der Waals surface area contributed by atoms with Crippen LogP contribution in [0.3, 0.4) is 0 Å². The molecule has 0 spiro atoms. The van der Waals surface area contributed by atoms with Gasteiger partial charge < -0.3 is 5.32 Å². The first-order chi connectivity index (χ1) is 9.20. The number of anilines is 1. The van der Waals surface area contributed by atoms with E-state index >= 15 is 0 Å². The van der Waals surface area contributed by atoms with Crippen LogP contribution in [-0.2, 0) is 0 Å². The Balaban J connectivity index is 2.27. The molecule has 2 aromatic rings. The van der Waals surface area contributed by atoms with E-state index in [4.69, 9.17) is 16.9 Å². The van der Waals surface area contributed by atoms with Gasteiger partial charge >= 0.3 is 0 Å². The number of hydrogen-bond donors (Lipinski definition) is 1. The van der Waals surface area contributed by atoms with Gasteiger partial charge in [0, 0.05) is 5.02 Å². The number of rotatable bonds is 4. The predicted octanol–water partition coefficient (Wildman–Crippen LogP) is 4.55.